The molecule has 0 aliphatic heterocycles. The summed E-state index contributed by atoms with van der Waals surface area (Å²) in [5, 5.41) is 6.24. The quantitative estimate of drug-likeness (QED) is 0.201. The summed E-state index contributed by atoms with van der Waals surface area (Å²) < 4.78 is 28.6. The molecule has 6 rings (SSSR count). The highest BCUT2D eigenvalue weighted by atomic mass is 19.1. The van der Waals surface area contributed by atoms with E-state index in [0.29, 0.717) is 17.7 Å². The maximum Gasteiger partial charge on any atom is 0.337 e. The van der Waals surface area contributed by atoms with Crippen molar-refractivity contribution in [2.24, 2.45) is 5.41 Å². The fraction of sp³-hybridized carbons (Fsp3) is 0.324. The monoisotopic (exact) mass is 567 g/mol. The Hall–Kier alpha value is -4.30. The number of nitrogens with zero attached hydrogens (tertiary/aromatic N) is 3. The van der Waals surface area contributed by atoms with E-state index in [1.807, 2.05) is 39.0 Å². The first-order chi connectivity index (χ1) is 20.1. The average Bonchev–Trinajstić information content (AvgIpc) is 3.51. The fourth-order valence-corrected chi connectivity index (χ4v) is 6.16. The van der Waals surface area contributed by atoms with Crippen molar-refractivity contribution in [1.29, 1.82) is 0 Å². The van der Waals surface area contributed by atoms with E-state index in [1.54, 1.807) is 37.6 Å². The minimum atomic E-state index is -0.625. The van der Waals surface area contributed by atoms with E-state index in [2.05, 4.69) is 15.7 Å². The van der Waals surface area contributed by atoms with Crippen LogP contribution >= 0.6 is 0 Å². The van der Waals surface area contributed by atoms with Crippen molar-refractivity contribution in [3.63, 3.8) is 0 Å². The van der Waals surface area contributed by atoms with Gasteiger partial charge in [-0.3, -0.25) is 4.79 Å². The minimum absolute atomic E-state index is 0.103. The smallest absolute Gasteiger partial charge is 0.337 e. The number of carbonyl (C=O) groups excluding carboxylic acids is 2. The number of esters is 1. The third kappa shape index (κ3) is 4.41. The van der Waals surface area contributed by atoms with Gasteiger partial charge >= 0.3 is 5.97 Å². The van der Waals surface area contributed by atoms with E-state index in [4.69, 9.17) is 9.47 Å². The van der Waals surface area contributed by atoms with E-state index < -0.39 is 11.4 Å². The van der Waals surface area contributed by atoms with Crippen LogP contribution in [0.4, 0.5) is 4.39 Å². The summed E-state index contributed by atoms with van der Waals surface area (Å²) in [6.45, 7) is 6.16. The van der Waals surface area contributed by atoms with Crippen molar-refractivity contribution in [3.8, 4) is 16.8 Å². The number of rotatable bonds is 6. The van der Waals surface area contributed by atoms with Crippen LogP contribution in [0, 0.1) is 11.2 Å². The first-order valence-corrected chi connectivity index (χ1v) is 14.1. The molecule has 0 spiro atoms. The van der Waals surface area contributed by atoms with Gasteiger partial charge < -0.3 is 14.0 Å². The molecule has 0 radical (unpaired) electrons. The average molecular weight is 568 g/mol. The molecule has 0 bridgehead atoms. The Morgan fingerprint density at radius 2 is 1.67 bits per heavy atom. The predicted molar refractivity (Wildman–Crippen MR) is 161 cm³/mol. The first-order valence-electron chi connectivity index (χ1n) is 14.1. The Bertz CT molecular complexity index is 1820. The van der Waals surface area contributed by atoms with Crippen molar-refractivity contribution >= 4 is 33.7 Å². The number of methoxy groups -OCH3 is 2. The van der Waals surface area contributed by atoms with Crippen LogP contribution in [0.2, 0.25) is 0 Å². The lowest BCUT2D eigenvalue weighted by Crippen LogP contribution is -2.40. The molecule has 0 saturated heterocycles. The van der Waals surface area contributed by atoms with Gasteiger partial charge in [-0.2, -0.15) is 9.78 Å². The van der Waals surface area contributed by atoms with Crippen LogP contribution in [0.3, 0.4) is 0 Å². The molecule has 1 aliphatic rings. The van der Waals surface area contributed by atoms with Gasteiger partial charge in [-0.05, 0) is 66.9 Å². The van der Waals surface area contributed by atoms with Gasteiger partial charge in [-0.1, -0.05) is 39.3 Å². The number of carbonyl (C=O) groups is 2. The summed E-state index contributed by atoms with van der Waals surface area (Å²) in [6, 6.07) is 18.0. The van der Waals surface area contributed by atoms with Gasteiger partial charge in [-0.25, -0.2) is 9.18 Å². The molecule has 0 amide bonds. The predicted octanol–water partition coefficient (Wildman–Crippen LogP) is 7.33. The maximum absolute atomic E-state index is 14.1. The standard InChI is InChI=1S/C34H34FN3O4/c1-33(2,3)32(40)38-27-18-26-28(17-23(27)19-36-38)37(25-13-11-24(35)12-14-25)30(34(20-41-4)15-6-16-34)29(26)21-7-9-22(10-8-21)31(39)42-5/h7-14,17-19H,6,15-16,20H2,1-5H3. The number of ether oxygens (including phenoxy) is 2. The van der Waals surface area contributed by atoms with Crippen LogP contribution in [0.15, 0.2) is 66.9 Å². The van der Waals surface area contributed by atoms with E-state index in [1.165, 1.54) is 23.9 Å². The second kappa shape index (κ2) is 10.2. The molecule has 5 aromatic rings. The van der Waals surface area contributed by atoms with Gasteiger partial charge in [0.25, 0.3) is 5.91 Å². The van der Waals surface area contributed by atoms with Gasteiger partial charge in [0.1, 0.15) is 5.82 Å². The summed E-state index contributed by atoms with van der Waals surface area (Å²) in [5.74, 6) is -0.819. The molecular weight excluding hydrogens is 533 g/mol. The summed E-state index contributed by atoms with van der Waals surface area (Å²) in [5.41, 5.74) is 4.98. The van der Waals surface area contributed by atoms with E-state index in [0.717, 1.165) is 58.1 Å². The number of halogens is 1. The third-order valence-electron chi connectivity index (χ3n) is 8.40. The van der Waals surface area contributed by atoms with Gasteiger partial charge in [0.05, 0.1) is 36.5 Å². The molecule has 1 aliphatic carbocycles. The largest absolute Gasteiger partial charge is 0.465 e. The van der Waals surface area contributed by atoms with Crippen LogP contribution in [-0.2, 0) is 14.9 Å². The number of aromatic nitrogens is 3. The first kappa shape index (κ1) is 27.8. The second-order valence-electron chi connectivity index (χ2n) is 12.2. The zero-order chi connectivity index (χ0) is 29.8. The molecule has 1 saturated carbocycles. The van der Waals surface area contributed by atoms with Crippen LogP contribution in [0.5, 0.6) is 0 Å². The van der Waals surface area contributed by atoms with Crippen molar-refractivity contribution < 1.29 is 23.5 Å². The van der Waals surface area contributed by atoms with Crippen LogP contribution in [-0.4, -0.2) is 47.1 Å². The summed E-state index contributed by atoms with van der Waals surface area (Å²) in [7, 11) is 3.08. The molecule has 7 nitrogen and oxygen atoms in total. The Morgan fingerprint density at radius 3 is 2.24 bits per heavy atom. The van der Waals surface area contributed by atoms with E-state index in [9.17, 15) is 14.0 Å². The lowest BCUT2D eigenvalue weighted by Gasteiger charge is -2.43. The zero-order valence-electron chi connectivity index (χ0n) is 24.5. The van der Waals surface area contributed by atoms with E-state index >= 15 is 0 Å². The highest BCUT2D eigenvalue weighted by molar-refractivity contribution is 6.08. The maximum atomic E-state index is 14.1. The van der Waals surface area contributed by atoms with Gasteiger partial charge in [-0.15, -0.1) is 0 Å². The van der Waals surface area contributed by atoms with Crippen molar-refractivity contribution in [2.45, 2.75) is 45.4 Å². The molecule has 0 N–H and O–H groups in total. The molecule has 0 unspecified atom stereocenters. The Kier molecular flexibility index (Phi) is 6.77. The highest BCUT2D eigenvalue weighted by Gasteiger charge is 2.44. The van der Waals surface area contributed by atoms with Crippen LogP contribution in [0.25, 0.3) is 38.6 Å². The molecule has 42 heavy (non-hydrogen) atoms. The zero-order valence-corrected chi connectivity index (χ0v) is 24.5. The second-order valence-corrected chi connectivity index (χ2v) is 12.2. The van der Waals surface area contributed by atoms with Crippen molar-refractivity contribution in [3.05, 3.63) is 83.9 Å². The molecule has 2 heterocycles. The topological polar surface area (TPSA) is 75.3 Å². The molecule has 0 atom stereocenters. The number of benzene rings is 3. The number of hydrogen-bond donors (Lipinski definition) is 0. The van der Waals surface area contributed by atoms with Gasteiger partial charge in [0.15, 0.2) is 0 Å². The Morgan fingerprint density at radius 1 is 0.976 bits per heavy atom. The normalized spacial score (nSPS) is 14.7. The summed E-state index contributed by atoms with van der Waals surface area (Å²) in [4.78, 5) is 25.6. The van der Waals surface area contributed by atoms with E-state index in [-0.39, 0.29) is 17.1 Å². The lowest BCUT2D eigenvalue weighted by atomic mass is 9.65. The minimum Gasteiger partial charge on any atom is -0.465 e. The van der Waals surface area contributed by atoms with Crippen LogP contribution in [0.1, 0.15) is 60.9 Å². The lowest BCUT2D eigenvalue weighted by molar-refractivity contribution is 0.0600. The van der Waals surface area contributed by atoms with Gasteiger partial charge in [0.2, 0.25) is 0 Å². The third-order valence-corrected chi connectivity index (χ3v) is 8.40. The molecule has 216 valence electrons. The van der Waals surface area contributed by atoms with Gasteiger partial charge in [0, 0.05) is 45.7 Å². The molecule has 2 aromatic heterocycles. The molecule has 1 fully saturated rings. The Balaban J connectivity index is 1.74. The highest BCUT2D eigenvalue weighted by Crippen LogP contribution is 2.52. The SMILES string of the molecule is COCC1(c2c(-c3ccc(C(=O)OC)cc3)c3cc4c(cnn4C(=O)C(C)(C)C)cc3n2-c2ccc(F)cc2)CCC1. The Labute approximate surface area is 243 Å². The van der Waals surface area contributed by atoms with Crippen molar-refractivity contribution in [1.82, 2.24) is 14.3 Å². The van der Waals surface area contributed by atoms with Crippen LogP contribution < -0.4 is 0 Å². The van der Waals surface area contributed by atoms with Crippen molar-refractivity contribution in [2.75, 3.05) is 20.8 Å². The fourth-order valence-electron chi connectivity index (χ4n) is 6.16. The number of fused-ring (bicyclic) bond motifs is 2. The summed E-state index contributed by atoms with van der Waals surface area (Å²) in [6.07, 6.45) is 4.65. The molecule has 8 heteroatoms. The summed E-state index contributed by atoms with van der Waals surface area (Å²) >= 11 is 0. The molecule has 3 aromatic carbocycles. The number of hydrogen-bond acceptors (Lipinski definition) is 5. The molecular formula is C34H34FN3O4.